The Morgan fingerprint density at radius 1 is 1.37 bits per heavy atom. The van der Waals surface area contributed by atoms with E-state index in [1.807, 2.05) is 6.92 Å². The molecule has 0 saturated carbocycles. The second kappa shape index (κ2) is 7.78. The number of carboxylic acid groups (broad SMARTS) is 1. The van der Waals surface area contributed by atoms with Crippen LogP contribution in [0, 0.1) is 5.41 Å². The minimum absolute atomic E-state index is 0.315. The third kappa shape index (κ3) is 8.20. The fraction of sp³-hybridized carbons (Fsp3) is 0.692. The summed E-state index contributed by atoms with van der Waals surface area (Å²) in [7, 11) is 0. The van der Waals surface area contributed by atoms with Crippen molar-refractivity contribution in [3.63, 3.8) is 0 Å². The number of carboxylic acids is 1. The zero-order valence-corrected chi connectivity index (χ0v) is 12.1. The van der Waals surface area contributed by atoms with Crippen LogP contribution in [0.4, 0.5) is 4.79 Å². The lowest BCUT2D eigenvalue weighted by Gasteiger charge is -2.27. The van der Waals surface area contributed by atoms with E-state index in [1.165, 1.54) is 0 Å². The molecule has 2 amide bonds. The van der Waals surface area contributed by atoms with E-state index in [9.17, 15) is 9.59 Å². The van der Waals surface area contributed by atoms with E-state index < -0.39 is 23.5 Å². The number of aliphatic carboxylic acids is 1. The summed E-state index contributed by atoms with van der Waals surface area (Å²) < 4.78 is 5.21. The van der Waals surface area contributed by atoms with Crippen LogP contribution in [-0.4, -0.2) is 42.9 Å². The van der Waals surface area contributed by atoms with Crippen LogP contribution in [0.3, 0.4) is 0 Å². The number of carbonyl (C=O) groups is 2. The highest BCUT2D eigenvalue weighted by Crippen LogP contribution is 2.19. The minimum atomic E-state index is -1.05. The molecular formula is C13H24N2O4. The smallest absolute Gasteiger partial charge is 0.326 e. The number of carbonyl (C=O) groups excluding carboxylic acids is 1. The van der Waals surface area contributed by atoms with Crippen LogP contribution in [0.5, 0.6) is 0 Å². The van der Waals surface area contributed by atoms with Gasteiger partial charge in [0.2, 0.25) is 0 Å². The van der Waals surface area contributed by atoms with E-state index in [-0.39, 0.29) is 0 Å². The molecule has 0 aliphatic heterocycles. The van der Waals surface area contributed by atoms with Crippen molar-refractivity contribution in [2.45, 2.75) is 33.7 Å². The summed E-state index contributed by atoms with van der Waals surface area (Å²) in [4.78, 5) is 22.6. The maximum atomic E-state index is 11.5. The van der Waals surface area contributed by atoms with Gasteiger partial charge in [-0.15, -0.1) is 0 Å². The highest BCUT2D eigenvalue weighted by Gasteiger charge is 2.32. The molecule has 0 bridgehead atoms. The predicted octanol–water partition coefficient (Wildman–Crippen LogP) is 1.38. The summed E-state index contributed by atoms with van der Waals surface area (Å²) in [6, 6.07) is -1.45. The second-order valence-electron chi connectivity index (χ2n) is 5.55. The highest BCUT2D eigenvalue weighted by molar-refractivity contribution is 5.83. The molecule has 0 aromatic rings. The van der Waals surface area contributed by atoms with Gasteiger partial charge >= 0.3 is 12.0 Å². The van der Waals surface area contributed by atoms with Crippen LogP contribution in [0.15, 0.2) is 12.2 Å². The first-order chi connectivity index (χ1) is 8.64. The second-order valence-corrected chi connectivity index (χ2v) is 5.55. The molecular weight excluding hydrogens is 248 g/mol. The molecule has 6 heteroatoms. The van der Waals surface area contributed by atoms with Crippen molar-refractivity contribution in [3.8, 4) is 0 Å². The molecule has 3 N–H and O–H groups in total. The Balaban J connectivity index is 4.02. The fourth-order valence-corrected chi connectivity index (χ4v) is 1.31. The predicted molar refractivity (Wildman–Crippen MR) is 73.0 cm³/mol. The van der Waals surface area contributed by atoms with Crippen molar-refractivity contribution in [2.24, 2.45) is 5.41 Å². The molecule has 0 saturated heterocycles. The third-order valence-electron chi connectivity index (χ3n) is 2.27. The average Bonchev–Trinajstić information content (AvgIpc) is 2.23. The number of urea groups is 1. The number of ether oxygens (including phenoxy) is 1. The van der Waals surface area contributed by atoms with Crippen LogP contribution in [0.2, 0.25) is 0 Å². The Morgan fingerprint density at radius 3 is 2.37 bits per heavy atom. The van der Waals surface area contributed by atoms with Gasteiger partial charge in [0.05, 0.1) is 13.2 Å². The number of hydrogen-bond acceptors (Lipinski definition) is 3. The van der Waals surface area contributed by atoms with E-state index in [0.29, 0.717) is 19.8 Å². The quantitative estimate of drug-likeness (QED) is 0.482. The van der Waals surface area contributed by atoms with Crippen molar-refractivity contribution in [3.05, 3.63) is 12.2 Å². The van der Waals surface area contributed by atoms with Gasteiger partial charge in [-0.25, -0.2) is 9.59 Å². The van der Waals surface area contributed by atoms with Crippen molar-refractivity contribution in [1.29, 1.82) is 0 Å². The molecule has 0 fully saturated rings. The number of amides is 2. The summed E-state index contributed by atoms with van der Waals surface area (Å²) in [6.07, 6.45) is 0. The standard InChI is InChI=1S/C13H24N2O4/c1-9(2)8-19-7-6-14-12(18)15-10(11(16)17)13(3,4)5/h10H,1,6-8H2,2-5H3,(H,16,17)(H2,14,15,18)/t10-/m0/s1. The topological polar surface area (TPSA) is 87.7 Å². The first-order valence-electron chi connectivity index (χ1n) is 6.14. The first-order valence-corrected chi connectivity index (χ1v) is 6.14. The highest BCUT2D eigenvalue weighted by atomic mass is 16.5. The zero-order chi connectivity index (χ0) is 15.1. The summed E-state index contributed by atoms with van der Waals surface area (Å²) in [6.45, 7) is 11.9. The largest absolute Gasteiger partial charge is 0.480 e. The zero-order valence-electron chi connectivity index (χ0n) is 12.1. The number of rotatable bonds is 7. The molecule has 0 aliphatic rings. The number of nitrogens with one attached hydrogen (secondary N) is 2. The van der Waals surface area contributed by atoms with Gasteiger partial charge in [-0.2, -0.15) is 0 Å². The van der Waals surface area contributed by atoms with E-state index in [4.69, 9.17) is 9.84 Å². The molecule has 0 spiro atoms. The van der Waals surface area contributed by atoms with E-state index >= 15 is 0 Å². The SMILES string of the molecule is C=C(C)COCCNC(=O)N[C@@H](C(=O)O)C(C)(C)C. The molecule has 0 radical (unpaired) electrons. The Labute approximate surface area is 114 Å². The van der Waals surface area contributed by atoms with Gasteiger partial charge in [-0.05, 0) is 12.3 Å². The van der Waals surface area contributed by atoms with Gasteiger partial charge < -0.3 is 20.5 Å². The van der Waals surface area contributed by atoms with Gasteiger partial charge in [0.1, 0.15) is 6.04 Å². The Hall–Kier alpha value is -1.56. The Bertz CT molecular complexity index is 334. The normalized spacial score (nSPS) is 12.6. The molecule has 6 nitrogen and oxygen atoms in total. The van der Waals surface area contributed by atoms with Gasteiger partial charge in [-0.3, -0.25) is 0 Å². The lowest BCUT2D eigenvalue weighted by Crippen LogP contribution is -2.52. The van der Waals surface area contributed by atoms with Gasteiger partial charge in [0, 0.05) is 6.54 Å². The maximum absolute atomic E-state index is 11.5. The summed E-state index contributed by atoms with van der Waals surface area (Å²) in [5, 5.41) is 14.0. The van der Waals surface area contributed by atoms with Crippen LogP contribution in [0.25, 0.3) is 0 Å². The third-order valence-corrected chi connectivity index (χ3v) is 2.27. The van der Waals surface area contributed by atoms with Crippen molar-refractivity contribution >= 4 is 12.0 Å². The van der Waals surface area contributed by atoms with Crippen molar-refractivity contribution < 1.29 is 19.4 Å². The molecule has 19 heavy (non-hydrogen) atoms. The molecule has 0 aliphatic carbocycles. The van der Waals surface area contributed by atoms with Crippen LogP contribution < -0.4 is 10.6 Å². The van der Waals surface area contributed by atoms with Gasteiger partial charge in [-0.1, -0.05) is 32.9 Å². The monoisotopic (exact) mass is 272 g/mol. The Morgan fingerprint density at radius 2 is 1.95 bits per heavy atom. The molecule has 0 heterocycles. The maximum Gasteiger partial charge on any atom is 0.326 e. The Kier molecular flexibility index (Phi) is 7.14. The van der Waals surface area contributed by atoms with Crippen molar-refractivity contribution in [1.82, 2.24) is 10.6 Å². The summed E-state index contributed by atoms with van der Waals surface area (Å²) in [5.41, 5.74) is 0.350. The van der Waals surface area contributed by atoms with Crippen LogP contribution in [0.1, 0.15) is 27.7 Å². The molecule has 0 unspecified atom stereocenters. The van der Waals surface area contributed by atoms with Crippen LogP contribution >= 0.6 is 0 Å². The minimum Gasteiger partial charge on any atom is -0.480 e. The summed E-state index contributed by atoms with van der Waals surface area (Å²) >= 11 is 0. The van der Waals surface area contributed by atoms with E-state index in [0.717, 1.165) is 5.57 Å². The molecule has 1 atom stereocenters. The van der Waals surface area contributed by atoms with Gasteiger partial charge in [0.15, 0.2) is 0 Å². The first kappa shape index (κ1) is 17.4. The van der Waals surface area contributed by atoms with Crippen LogP contribution in [-0.2, 0) is 9.53 Å². The average molecular weight is 272 g/mol. The van der Waals surface area contributed by atoms with Crippen molar-refractivity contribution in [2.75, 3.05) is 19.8 Å². The lowest BCUT2D eigenvalue weighted by atomic mass is 9.87. The summed E-state index contributed by atoms with van der Waals surface area (Å²) in [5.74, 6) is -1.05. The fourth-order valence-electron chi connectivity index (χ4n) is 1.31. The molecule has 0 aromatic heterocycles. The molecule has 0 aromatic carbocycles. The van der Waals surface area contributed by atoms with E-state index in [2.05, 4.69) is 17.2 Å². The molecule has 110 valence electrons. The number of hydrogen-bond donors (Lipinski definition) is 3. The molecule has 0 rings (SSSR count). The van der Waals surface area contributed by atoms with E-state index in [1.54, 1.807) is 20.8 Å². The lowest BCUT2D eigenvalue weighted by molar-refractivity contribution is -0.141. The van der Waals surface area contributed by atoms with Gasteiger partial charge in [0.25, 0.3) is 0 Å².